The number of hydrogen-bond donors (Lipinski definition) is 0. The fraction of sp³-hybridized carbons (Fsp3) is 0.611. The summed E-state index contributed by atoms with van der Waals surface area (Å²) in [4.78, 5) is 23.8. The molecule has 3 rings (SSSR count). The monoisotopic (exact) mass is 364 g/mol. The summed E-state index contributed by atoms with van der Waals surface area (Å²) >= 11 is 3.33. The Balaban J connectivity index is 1.90. The summed E-state index contributed by atoms with van der Waals surface area (Å²) in [7, 11) is 0. The minimum absolute atomic E-state index is 0.131. The van der Waals surface area contributed by atoms with Crippen LogP contribution in [0.25, 0.3) is 10.2 Å². The zero-order valence-electron chi connectivity index (χ0n) is 14.5. The SMILES string of the molecule is CCCOC(=O)[C@H](CC)Sc1ncnc2sc3c(c12)CC[C@@H](C)C3. The van der Waals surface area contributed by atoms with Gasteiger partial charge >= 0.3 is 5.97 Å². The van der Waals surface area contributed by atoms with E-state index in [0.29, 0.717) is 6.61 Å². The largest absolute Gasteiger partial charge is 0.465 e. The van der Waals surface area contributed by atoms with Crippen LogP contribution in [0.4, 0.5) is 0 Å². The van der Waals surface area contributed by atoms with Crippen LogP contribution in [0.2, 0.25) is 0 Å². The second-order valence-electron chi connectivity index (χ2n) is 6.39. The molecule has 0 unspecified atom stereocenters. The zero-order valence-corrected chi connectivity index (χ0v) is 16.1. The second kappa shape index (κ2) is 7.83. The first kappa shape index (κ1) is 17.7. The Morgan fingerprint density at radius 1 is 1.46 bits per heavy atom. The van der Waals surface area contributed by atoms with Crippen LogP contribution in [0, 0.1) is 5.92 Å². The number of thioether (sulfide) groups is 1. The van der Waals surface area contributed by atoms with E-state index in [9.17, 15) is 4.79 Å². The van der Waals surface area contributed by atoms with Crippen molar-refractivity contribution in [1.29, 1.82) is 0 Å². The molecule has 0 N–H and O–H groups in total. The van der Waals surface area contributed by atoms with Gasteiger partial charge in [0.25, 0.3) is 0 Å². The number of carbonyl (C=O) groups is 1. The van der Waals surface area contributed by atoms with Gasteiger partial charge in [-0.15, -0.1) is 11.3 Å². The van der Waals surface area contributed by atoms with E-state index in [-0.39, 0.29) is 11.2 Å². The molecule has 0 fully saturated rings. The number of rotatable bonds is 6. The third kappa shape index (κ3) is 3.59. The highest BCUT2D eigenvalue weighted by Crippen LogP contribution is 2.41. The highest BCUT2D eigenvalue weighted by molar-refractivity contribution is 8.00. The molecule has 1 aliphatic carbocycles. The van der Waals surface area contributed by atoms with Crippen molar-refractivity contribution in [2.75, 3.05) is 6.61 Å². The zero-order chi connectivity index (χ0) is 17.1. The Morgan fingerprint density at radius 3 is 3.04 bits per heavy atom. The van der Waals surface area contributed by atoms with Crippen molar-refractivity contribution < 1.29 is 9.53 Å². The Bertz CT molecular complexity index is 729. The van der Waals surface area contributed by atoms with Crippen LogP contribution < -0.4 is 0 Å². The van der Waals surface area contributed by atoms with Crippen molar-refractivity contribution in [1.82, 2.24) is 9.97 Å². The molecule has 0 aromatic carbocycles. The summed E-state index contributed by atoms with van der Waals surface area (Å²) in [5, 5.41) is 1.91. The van der Waals surface area contributed by atoms with Gasteiger partial charge in [0, 0.05) is 10.3 Å². The van der Waals surface area contributed by atoms with Crippen molar-refractivity contribution in [3.63, 3.8) is 0 Å². The first-order chi connectivity index (χ1) is 11.6. The van der Waals surface area contributed by atoms with Gasteiger partial charge in [0.1, 0.15) is 21.4 Å². The van der Waals surface area contributed by atoms with Gasteiger partial charge in [-0.25, -0.2) is 9.97 Å². The van der Waals surface area contributed by atoms with Gasteiger partial charge in [-0.1, -0.05) is 32.5 Å². The van der Waals surface area contributed by atoms with Crippen molar-refractivity contribution in [2.45, 2.75) is 63.2 Å². The molecule has 130 valence electrons. The van der Waals surface area contributed by atoms with E-state index in [1.807, 2.05) is 13.8 Å². The Labute approximate surface area is 151 Å². The number of fused-ring (bicyclic) bond motifs is 3. The number of ether oxygens (including phenoxy) is 1. The maximum atomic E-state index is 12.3. The molecule has 0 saturated carbocycles. The first-order valence-corrected chi connectivity index (χ1v) is 10.4. The van der Waals surface area contributed by atoms with Gasteiger partial charge in [0.2, 0.25) is 0 Å². The Morgan fingerprint density at radius 2 is 2.29 bits per heavy atom. The van der Waals surface area contributed by atoms with Crippen molar-refractivity contribution in [3.8, 4) is 0 Å². The topological polar surface area (TPSA) is 52.1 Å². The lowest BCUT2D eigenvalue weighted by Gasteiger charge is -2.18. The molecule has 0 amide bonds. The quantitative estimate of drug-likeness (QED) is 0.424. The molecule has 2 aromatic heterocycles. The van der Waals surface area contributed by atoms with Gasteiger partial charge in [0.05, 0.1) is 6.61 Å². The van der Waals surface area contributed by atoms with Crippen molar-refractivity contribution in [3.05, 3.63) is 16.8 Å². The molecule has 0 radical (unpaired) electrons. The summed E-state index contributed by atoms with van der Waals surface area (Å²) in [6.07, 6.45) is 6.65. The molecule has 2 atom stereocenters. The molecule has 4 nitrogen and oxygen atoms in total. The predicted octanol–water partition coefficient (Wildman–Crippen LogP) is 4.64. The van der Waals surface area contributed by atoms with Crippen LogP contribution in [0.15, 0.2) is 11.4 Å². The van der Waals surface area contributed by atoms with Crippen molar-refractivity contribution in [2.24, 2.45) is 5.92 Å². The van der Waals surface area contributed by atoms with E-state index in [1.54, 1.807) is 17.7 Å². The van der Waals surface area contributed by atoms with Gasteiger partial charge in [0.15, 0.2) is 0 Å². The lowest BCUT2D eigenvalue weighted by Crippen LogP contribution is -2.20. The molecule has 2 aromatic rings. The molecular formula is C18H24N2O2S2. The predicted molar refractivity (Wildman–Crippen MR) is 99.8 cm³/mol. The second-order valence-corrected chi connectivity index (χ2v) is 8.67. The number of aromatic nitrogens is 2. The number of thiophene rings is 1. The molecule has 0 spiro atoms. The Hall–Kier alpha value is -1.14. The molecular weight excluding hydrogens is 340 g/mol. The van der Waals surface area contributed by atoms with E-state index in [4.69, 9.17) is 4.74 Å². The average molecular weight is 365 g/mol. The van der Waals surface area contributed by atoms with E-state index >= 15 is 0 Å². The fourth-order valence-corrected chi connectivity index (χ4v) is 5.53. The lowest BCUT2D eigenvalue weighted by molar-refractivity contribution is -0.143. The average Bonchev–Trinajstić information content (AvgIpc) is 2.95. The highest BCUT2D eigenvalue weighted by atomic mass is 32.2. The third-order valence-electron chi connectivity index (χ3n) is 4.39. The van der Waals surface area contributed by atoms with E-state index < -0.39 is 0 Å². The molecule has 0 saturated heterocycles. The maximum absolute atomic E-state index is 12.3. The number of hydrogen-bond acceptors (Lipinski definition) is 6. The number of carbonyl (C=O) groups excluding carboxylic acids is 1. The molecule has 2 heterocycles. The third-order valence-corrected chi connectivity index (χ3v) is 6.90. The summed E-state index contributed by atoms with van der Waals surface area (Å²) < 4.78 is 5.34. The van der Waals surface area contributed by atoms with Gasteiger partial charge < -0.3 is 4.74 Å². The summed E-state index contributed by atoms with van der Waals surface area (Å²) in [6, 6.07) is 0. The van der Waals surface area contributed by atoms with E-state index in [2.05, 4.69) is 16.9 Å². The Kier molecular flexibility index (Phi) is 5.76. The normalized spacial score (nSPS) is 18.4. The first-order valence-electron chi connectivity index (χ1n) is 8.72. The van der Waals surface area contributed by atoms with Gasteiger partial charge in [-0.05, 0) is 43.6 Å². The van der Waals surface area contributed by atoms with Crippen LogP contribution in [0.1, 0.15) is 50.5 Å². The van der Waals surface area contributed by atoms with Crippen LogP contribution in [0.5, 0.6) is 0 Å². The minimum Gasteiger partial charge on any atom is -0.465 e. The lowest BCUT2D eigenvalue weighted by atomic mass is 9.89. The fourth-order valence-electron chi connectivity index (χ4n) is 3.06. The number of nitrogens with zero attached hydrogens (tertiary/aromatic N) is 2. The summed E-state index contributed by atoms with van der Waals surface area (Å²) in [5.41, 5.74) is 1.41. The summed E-state index contributed by atoms with van der Waals surface area (Å²) in [5.74, 6) is 0.607. The van der Waals surface area contributed by atoms with Gasteiger partial charge in [-0.3, -0.25) is 4.79 Å². The van der Waals surface area contributed by atoms with E-state index in [0.717, 1.165) is 41.5 Å². The van der Waals surface area contributed by atoms with Crippen LogP contribution in [-0.2, 0) is 22.4 Å². The number of aryl methyl sites for hydroxylation is 1. The molecule has 24 heavy (non-hydrogen) atoms. The van der Waals surface area contributed by atoms with Crippen molar-refractivity contribution >= 4 is 39.3 Å². The van der Waals surface area contributed by atoms with Crippen LogP contribution in [0.3, 0.4) is 0 Å². The minimum atomic E-state index is -0.201. The number of esters is 1. The van der Waals surface area contributed by atoms with Crippen LogP contribution in [-0.4, -0.2) is 27.8 Å². The summed E-state index contributed by atoms with van der Waals surface area (Å²) in [6.45, 7) is 6.83. The highest BCUT2D eigenvalue weighted by Gasteiger charge is 2.26. The molecule has 0 aliphatic heterocycles. The molecule has 6 heteroatoms. The molecule has 0 bridgehead atoms. The maximum Gasteiger partial charge on any atom is 0.319 e. The smallest absolute Gasteiger partial charge is 0.319 e. The van der Waals surface area contributed by atoms with E-state index in [1.165, 1.54) is 34.0 Å². The van der Waals surface area contributed by atoms with Gasteiger partial charge in [-0.2, -0.15) is 0 Å². The standard InChI is InChI=1S/C18H24N2O2S2/c1-4-8-22-18(21)13(5-2)23-16-15-12-7-6-11(3)9-14(12)24-17(15)20-10-19-16/h10-11,13H,4-9H2,1-3H3/t11-,13+/m1/s1. The van der Waals surface area contributed by atoms with Crippen LogP contribution >= 0.6 is 23.1 Å². The molecule has 1 aliphatic rings.